The first kappa shape index (κ1) is 21.8. The van der Waals surface area contributed by atoms with Gasteiger partial charge in [0, 0.05) is 16.5 Å². The van der Waals surface area contributed by atoms with Gasteiger partial charge in [-0.05, 0) is 54.6 Å². The number of nitrogens with zero attached hydrogens (tertiary/aromatic N) is 1. The summed E-state index contributed by atoms with van der Waals surface area (Å²) in [6.07, 6.45) is 0. The second-order valence-corrected chi connectivity index (χ2v) is 7.74. The van der Waals surface area contributed by atoms with Gasteiger partial charge in [-0.3, -0.25) is 4.79 Å². The van der Waals surface area contributed by atoms with E-state index in [4.69, 9.17) is 32.7 Å². The highest BCUT2D eigenvalue weighted by molar-refractivity contribution is 6.42. The maximum Gasteiger partial charge on any atom is 0.339 e. The molecule has 0 spiro atoms. The van der Waals surface area contributed by atoms with Gasteiger partial charge in [0.15, 0.2) is 12.4 Å². The summed E-state index contributed by atoms with van der Waals surface area (Å²) in [5.74, 6) is -0.285. The van der Waals surface area contributed by atoms with Crippen LogP contribution in [0.25, 0.3) is 22.2 Å². The number of esters is 1. The van der Waals surface area contributed by atoms with Gasteiger partial charge in [0.1, 0.15) is 5.75 Å². The molecule has 1 aromatic heterocycles. The molecule has 4 aromatic rings. The molecular weight excluding hydrogens is 449 g/mol. The summed E-state index contributed by atoms with van der Waals surface area (Å²) < 4.78 is 10.5. The Balaban J connectivity index is 1.62. The second kappa shape index (κ2) is 9.39. The van der Waals surface area contributed by atoms with Crippen LogP contribution >= 0.6 is 23.2 Å². The smallest absolute Gasteiger partial charge is 0.339 e. The lowest BCUT2D eigenvalue weighted by molar-refractivity contribution is 0.0476. The number of rotatable bonds is 6. The second-order valence-electron chi connectivity index (χ2n) is 6.93. The van der Waals surface area contributed by atoms with Gasteiger partial charge in [-0.15, -0.1) is 0 Å². The van der Waals surface area contributed by atoms with Crippen molar-refractivity contribution in [2.24, 2.45) is 0 Å². The zero-order chi connectivity index (χ0) is 22.7. The van der Waals surface area contributed by atoms with Crippen LogP contribution in [0.2, 0.25) is 10.0 Å². The first-order valence-corrected chi connectivity index (χ1v) is 10.4. The fraction of sp³-hybridized carbons (Fsp3) is 0.0800. The number of Topliss-reactive ketones (excluding diaryl/α,β-unsaturated/α-hetero) is 1. The number of methoxy groups -OCH3 is 1. The number of hydrogen-bond acceptors (Lipinski definition) is 5. The van der Waals surface area contributed by atoms with Crippen LogP contribution in [0.5, 0.6) is 5.75 Å². The average molecular weight is 466 g/mol. The molecule has 0 N–H and O–H groups in total. The molecule has 1 heterocycles. The molecule has 0 aliphatic carbocycles. The number of ketones is 1. The van der Waals surface area contributed by atoms with E-state index in [-0.39, 0.29) is 10.8 Å². The summed E-state index contributed by atoms with van der Waals surface area (Å²) in [6.45, 7) is -0.425. The SMILES string of the molecule is COc1ccc(-c2cc(C(=O)OCC(=O)c3ccc(Cl)c(Cl)c3)c3ccccc3n2)cc1. The summed E-state index contributed by atoms with van der Waals surface area (Å²) >= 11 is 11.9. The normalized spacial score (nSPS) is 10.7. The molecule has 3 aromatic carbocycles. The molecule has 0 saturated heterocycles. The van der Waals surface area contributed by atoms with E-state index in [0.29, 0.717) is 32.7 Å². The van der Waals surface area contributed by atoms with Gasteiger partial charge >= 0.3 is 5.97 Å². The van der Waals surface area contributed by atoms with Gasteiger partial charge in [0.2, 0.25) is 0 Å². The topological polar surface area (TPSA) is 65.5 Å². The predicted octanol–water partition coefficient (Wildman–Crippen LogP) is 6.26. The number of halogens is 2. The van der Waals surface area contributed by atoms with Gasteiger partial charge in [0.25, 0.3) is 0 Å². The van der Waals surface area contributed by atoms with Gasteiger partial charge < -0.3 is 9.47 Å². The maximum atomic E-state index is 12.9. The molecule has 0 amide bonds. The minimum absolute atomic E-state index is 0.258. The van der Waals surface area contributed by atoms with Crippen molar-refractivity contribution in [3.63, 3.8) is 0 Å². The molecule has 4 rings (SSSR count). The molecule has 0 atom stereocenters. The molecule has 0 fully saturated rings. The molecule has 7 heteroatoms. The van der Waals surface area contributed by atoms with Crippen LogP contribution in [-0.4, -0.2) is 30.5 Å². The van der Waals surface area contributed by atoms with Gasteiger partial charge in [-0.1, -0.05) is 41.4 Å². The summed E-state index contributed by atoms with van der Waals surface area (Å²) in [6, 6.07) is 20.8. The van der Waals surface area contributed by atoms with E-state index in [1.165, 1.54) is 18.2 Å². The maximum absolute atomic E-state index is 12.9. The number of ether oxygens (including phenoxy) is 2. The van der Waals surface area contributed by atoms with Crippen LogP contribution < -0.4 is 4.74 Å². The van der Waals surface area contributed by atoms with Crippen molar-refractivity contribution < 1.29 is 19.1 Å². The molecule has 0 saturated carbocycles. The Morgan fingerprint density at radius 3 is 2.38 bits per heavy atom. The molecule has 160 valence electrons. The van der Waals surface area contributed by atoms with Crippen molar-refractivity contribution in [2.75, 3.05) is 13.7 Å². The van der Waals surface area contributed by atoms with Crippen molar-refractivity contribution in [2.45, 2.75) is 0 Å². The van der Waals surface area contributed by atoms with Crippen molar-refractivity contribution in [3.8, 4) is 17.0 Å². The highest BCUT2D eigenvalue weighted by Crippen LogP contribution is 2.27. The number of aromatic nitrogens is 1. The number of para-hydroxylation sites is 1. The first-order chi connectivity index (χ1) is 15.5. The van der Waals surface area contributed by atoms with E-state index in [2.05, 4.69) is 4.98 Å². The van der Waals surface area contributed by atoms with Crippen LogP contribution in [0.1, 0.15) is 20.7 Å². The monoisotopic (exact) mass is 465 g/mol. The third-order valence-electron chi connectivity index (χ3n) is 4.90. The van der Waals surface area contributed by atoms with E-state index in [1.807, 2.05) is 42.5 Å². The Kier molecular flexibility index (Phi) is 6.40. The Labute approximate surface area is 194 Å². The van der Waals surface area contributed by atoms with Crippen LogP contribution in [0, 0.1) is 0 Å². The quantitative estimate of drug-likeness (QED) is 0.248. The lowest BCUT2D eigenvalue weighted by Gasteiger charge is -2.10. The number of fused-ring (bicyclic) bond motifs is 1. The highest BCUT2D eigenvalue weighted by Gasteiger charge is 2.17. The minimum Gasteiger partial charge on any atom is -0.497 e. The van der Waals surface area contributed by atoms with E-state index >= 15 is 0 Å². The van der Waals surface area contributed by atoms with Gasteiger partial charge in [-0.25, -0.2) is 9.78 Å². The summed E-state index contributed by atoms with van der Waals surface area (Å²) in [5.41, 5.74) is 2.70. The lowest BCUT2D eigenvalue weighted by atomic mass is 10.0. The predicted molar refractivity (Wildman–Crippen MR) is 125 cm³/mol. The zero-order valence-corrected chi connectivity index (χ0v) is 18.5. The molecule has 0 bridgehead atoms. The molecule has 0 radical (unpaired) electrons. The molecule has 32 heavy (non-hydrogen) atoms. The van der Waals surface area contributed by atoms with Crippen molar-refractivity contribution in [1.82, 2.24) is 4.98 Å². The number of pyridine rings is 1. The van der Waals surface area contributed by atoms with Crippen molar-refractivity contribution in [1.29, 1.82) is 0 Å². The Hall–Kier alpha value is -3.41. The number of carbonyl (C=O) groups excluding carboxylic acids is 2. The van der Waals surface area contributed by atoms with E-state index < -0.39 is 12.6 Å². The lowest BCUT2D eigenvalue weighted by Crippen LogP contribution is -2.15. The van der Waals surface area contributed by atoms with Gasteiger partial charge in [0.05, 0.1) is 33.9 Å². The first-order valence-electron chi connectivity index (χ1n) is 9.66. The number of carbonyl (C=O) groups is 2. The average Bonchev–Trinajstić information content (AvgIpc) is 2.83. The van der Waals surface area contributed by atoms with Crippen LogP contribution in [0.15, 0.2) is 72.8 Å². The minimum atomic E-state index is -0.619. The van der Waals surface area contributed by atoms with Gasteiger partial charge in [-0.2, -0.15) is 0 Å². The highest BCUT2D eigenvalue weighted by atomic mass is 35.5. The Bertz CT molecular complexity index is 1320. The summed E-state index contributed by atoms with van der Waals surface area (Å²) in [5, 5.41) is 1.24. The molecular formula is C25H17Cl2NO4. The fourth-order valence-electron chi connectivity index (χ4n) is 3.22. The van der Waals surface area contributed by atoms with Crippen LogP contribution in [0.4, 0.5) is 0 Å². The van der Waals surface area contributed by atoms with E-state index in [1.54, 1.807) is 19.2 Å². The van der Waals surface area contributed by atoms with Crippen molar-refractivity contribution >= 4 is 45.9 Å². The zero-order valence-electron chi connectivity index (χ0n) is 17.0. The third-order valence-corrected chi connectivity index (χ3v) is 5.64. The number of benzene rings is 3. The largest absolute Gasteiger partial charge is 0.497 e. The Morgan fingerprint density at radius 1 is 0.906 bits per heavy atom. The molecule has 0 aliphatic rings. The summed E-state index contributed by atoms with van der Waals surface area (Å²) in [7, 11) is 1.59. The van der Waals surface area contributed by atoms with Crippen molar-refractivity contribution in [3.05, 3.63) is 94.0 Å². The molecule has 5 nitrogen and oxygen atoms in total. The molecule has 0 unspecified atom stereocenters. The van der Waals surface area contributed by atoms with Crippen LogP contribution in [0.3, 0.4) is 0 Å². The fourth-order valence-corrected chi connectivity index (χ4v) is 3.51. The van der Waals surface area contributed by atoms with Crippen LogP contribution in [-0.2, 0) is 4.74 Å². The Morgan fingerprint density at radius 2 is 1.66 bits per heavy atom. The summed E-state index contributed by atoms with van der Waals surface area (Å²) in [4.78, 5) is 30.0. The number of hydrogen-bond donors (Lipinski definition) is 0. The standard InChI is InChI=1S/C25H17Cl2NO4/c1-31-17-9-6-15(7-10-17)23-13-19(18-4-2-3-5-22(18)28-23)25(30)32-14-24(29)16-8-11-20(26)21(27)12-16/h2-13H,14H2,1H3. The molecule has 0 aliphatic heterocycles. The third kappa shape index (κ3) is 4.59. The van der Waals surface area contributed by atoms with E-state index in [9.17, 15) is 9.59 Å². The van der Waals surface area contributed by atoms with E-state index in [0.717, 1.165) is 11.3 Å².